The Balaban J connectivity index is 1.75. The van der Waals surface area contributed by atoms with Crippen molar-refractivity contribution in [2.24, 2.45) is 0 Å². The Hall–Kier alpha value is -1.29. The fourth-order valence-corrected chi connectivity index (χ4v) is 3.54. The average molecular weight is 262 g/mol. The molecule has 2 aliphatic rings. The Kier molecular flexibility index (Phi) is 3.35. The van der Waals surface area contributed by atoms with E-state index in [2.05, 4.69) is 12.2 Å². The van der Waals surface area contributed by atoms with Gasteiger partial charge in [0.05, 0.1) is 0 Å². The van der Waals surface area contributed by atoms with Crippen LogP contribution in [0.1, 0.15) is 48.9 Å². The molecule has 2 unspecified atom stereocenters. The fourth-order valence-electron chi connectivity index (χ4n) is 3.54. The number of rotatable bonds is 3. The predicted molar refractivity (Wildman–Crippen MR) is 73.1 cm³/mol. The SMILES string of the molecule is CCN(C(=O)c1ccc(C)o1)C1CC2CCC(C1)N2. The van der Waals surface area contributed by atoms with Crippen molar-refractivity contribution < 1.29 is 9.21 Å². The van der Waals surface area contributed by atoms with Crippen molar-refractivity contribution in [2.75, 3.05) is 6.54 Å². The molecular weight excluding hydrogens is 240 g/mol. The first kappa shape index (κ1) is 12.7. The standard InChI is InChI=1S/C15H22N2O2/c1-3-17(15(18)14-7-4-10(2)19-14)13-8-11-5-6-12(9-13)16-11/h4,7,11-13,16H,3,5-6,8-9H2,1-2H3. The molecule has 0 spiro atoms. The molecule has 0 saturated carbocycles. The highest BCUT2D eigenvalue weighted by atomic mass is 16.3. The molecular formula is C15H22N2O2. The molecule has 19 heavy (non-hydrogen) atoms. The van der Waals surface area contributed by atoms with E-state index in [4.69, 9.17) is 4.42 Å². The van der Waals surface area contributed by atoms with Crippen LogP contribution in [0.5, 0.6) is 0 Å². The van der Waals surface area contributed by atoms with Gasteiger partial charge in [-0.3, -0.25) is 4.79 Å². The lowest BCUT2D eigenvalue weighted by Crippen LogP contribution is -2.50. The van der Waals surface area contributed by atoms with E-state index >= 15 is 0 Å². The summed E-state index contributed by atoms with van der Waals surface area (Å²) in [6.45, 7) is 4.68. The number of carbonyl (C=O) groups excluding carboxylic acids is 1. The van der Waals surface area contributed by atoms with Gasteiger partial charge in [0.1, 0.15) is 5.76 Å². The van der Waals surface area contributed by atoms with E-state index in [1.54, 1.807) is 6.07 Å². The molecule has 1 aromatic rings. The minimum atomic E-state index is 0.0434. The number of hydrogen-bond donors (Lipinski definition) is 1. The zero-order valence-corrected chi connectivity index (χ0v) is 11.7. The maximum Gasteiger partial charge on any atom is 0.289 e. The van der Waals surface area contributed by atoms with Crippen LogP contribution in [-0.4, -0.2) is 35.5 Å². The van der Waals surface area contributed by atoms with Crippen LogP contribution < -0.4 is 5.32 Å². The van der Waals surface area contributed by atoms with Crippen molar-refractivity contribution in [3.63, 3.8) is 0 Å². The lowest BCUT2D eigenvalue weighted by atomic mass is 9.98. The maximum atomic E-state index is 12.5. The molecule has 1 amide bonds. The Labute approximate surface area is 114 Å². The van der Waals surface area contributed by atoms with Crippen molar-refractivity contribution >= 4 is 5.91 Å². The van der Waals surface area contributed by atoms with E-state index in [1.807, 2.05) is 17.9 Å². The van der Waals surface area contributed by atoms with Crippen LogP contribution in [0.3, 0.4) is 0 Å². The van der Waals surface area contributed by atoms with E-state index in [-0.39, 0.29) is 5.91 Å². The molecule has 0 aliphatic carbocycles. The first-order valence-corrected chi connectivity index (χ1v) is 7.31. The van der Waals surface area contributed by atoms with Gasteiger partial charge in [-0.05, 0) is 51.7 Å². The molecule has 2 aliphatic heterocycles. The summed E-state index contributed by atoms with van der Waals surface area (Å²) in [5, 5.41) is 3.62. The largest absolute Gasteiger partial charge is 0.456 e. The minimum absolute atomic E-state index is 0.0434. The van der Waals surface area contributed by atoms with Crippen LogP contribution in [0.2, 0.25) is 0 Å². The van der Waals surface area contributed by atoms with Gasteiger partial charge in [-0.25, -0.2) is 0 Å². The summed E-state index contributed by atoms with van der Waals surface area (Å²) < 4.78 is 5.48. The molecule has 2 bridgehead atoms. The normalized spacial score (nSPS) is 29.5. The van der Waals surface area contributed by atoms with Crippen LogP contribution in [0, 0.1) is 6.92 Å². The van der Waals surface area contributed by atoms with Crippen molar-refractivity contribution in [1.82, 2.24) is 10.2 Å². The van der Waals surface area contributed by atoms with Gasteiger partial charge in [-0.1, -0.05) is 0 Å². The molecule has 0 radical (unpaired) electrons. The third-order valence-corrected chi connectivity index (χ3v) is 4.44. The fraction of sp³-hybridized carbons (Fsp3) is 0.667. The summed E-state index contributed by atoms with van der Waals surface area (Å²) in [4.78, 5) is 14.5. The molecule has 1 aromatic heterocycles. The zero-order valence-electron chi connectivity index (χ0n) is 11.7. The Morgan fingerprint density at radius 1 is 1.37 bits per heavy atom. The van der Waals surface area contributed by atoms with Gasteiger partial charge in [0.25, 0.3) is 5.91 Å². The van der Waals surface area contributed by atoms with Crippen LogP contribution in [-0.2, 0) is 0 Å². The first-order chi connectivity index (χ1) is 9.17. The summed E-state index contributed by atoms with van der Waals surface area (Å²) >= 11 is 0. The minimum Gasteiger partial charge on any atom is -0.456 e. The second-order valence-corrected chi connectivity index (χ2v) is 5.76. The lowest BCUT2D eigenvalue weighted by molar-refractivity contribution is 0.0597. The van der Waals surface area contributed by atoms with Crippen LogP contribution in [0.4, 0.5) is 0 Å². The van der Waals surface area contributed by atoms with Crippen LogP contribution >= 0.6 is 0 Å². The van der Waals surface area contributed by atoms with Crippen molar-refractivity contribution in [3.05, 3.63) is 23.7 Å². The Morgan fingerprint density at radius 2 is 2.05 bits per heavy atom. The van der Waals surface area contributed by atoms with E-state index in [0.29, 0.717) is 23.9 Å². The number of fused-ring (bicyclic) bond motifs is 2. The number of amides is 1. The average Bonchev–Trinajstić information content (AvgIpc) is 2.97. The number of nitrogens with one attached hydrogen (secondary N) is 1. The number of nitrogens with zero attached hydrogens (tertiary/aromatic N) is 1. The second-order valence-electron chi connectivity index (χ2n) is 5.76. The van der Waals surface area contributed by atoms with E-state index < -0.39 is 0 Å². The lowest BCUT2D eigenvalue weighted by Gasteiger charge is -2.36. The monoisotopic (exact) mass is 262 g/mol. The number of piperidine rings is 1. The highest BCUT2D eigenvalue weighted by molar-refractivity contribution is 5.91. The number of carbonyl (C=O) groups is 1. The smallest absolute Gasteiger partial charge is 0.289 e. The summed E-state index contributed by atoms with van der Waals surface area (Å²) in [5.41, 5.74) is 0. The topological polar surface area (TPSA) is 45.5 Å². The van der Waals surface area contributed by atoms with Gasteiger partial charge < -0.3 is 14.6 Å². The first-order valence-electron chi connectivity index (χ1n) is 7.31. The number of aryl methyl sites for hydroxylation is 1. The van der Waals surface area contributed by atoms with Gasteiger partial charge in [0.2, 0.25) is 0 Å². The Bertz CT molecular complexity index is 456. The van der Waals surface area contributed by atoms with E-state index in [0.717, 1.165) is 25.1 Å². The van der Waals surface area contributed by atoms with E-state index in [9.17, 15) is 4.79 Å². The molecule has 2 fully saturated rings. The van der Waals surface area contributed by atoms with Gasteiger partial charge in [-0.15, -0.1) is 0 Å². The summed E-state index contributed by atoms with van der Waals surface area (Å²) in [5.74, 6) is 1.32. The van der Waals surface area contributed by atoms with Gasteiger partial charge in [0, 0.05) is 24.7 Å². The molecule has 3 heterocycles. The highest BCUT2D eigenvalue weighted by Gasteiger charge is 2.37. The van der Waals surface area contributed by atoms with Gasteiger partial charge in [-0.2, -0.15) is 0 Å². The highest BCUT2D eigenvalue weighted by Crippen LogP contribution is 2.30. The number of hydrogen-bond acceptors (Lipinski definition) is 3. The molecule has 0 aromatic carbocycles. The van der Waals surface area contributed by atoms with Crippen LogP contribution in [0.15, 0.2) is 16.5 Å². The van der Waals surface area contributed by atoms with E-state index in [1.165, 1.54) is 12.8 Å². The molecule has 2 atom stereocenters. The summed E-state index contributed by atoms with van der Waals surface area (Å²) in [7, 11) is 0. The molecule has 3 rings (SSSR count). The quantitative estimate of drug-likeness (QED) is 0.909. The van der Waals surface area contributed by atoms with Crippen molar-refractivity contribution in [2.45, 2.75) is 57.7 Å². The Morgan fingerprint density at radius 3 is 2.58 bits per heavy atom. The third-order valence-electron chi connectivity index (χ3n) is 4.44. The zero-order chi connectivity index (χ0) is 13.4. The maximum absolute atomic E-state index is 12.5. The van der Waals surface area contributed by atoms with Crippen molar-refractivity contribution in [3.8, 4) is 0 Å². The molecule has 4 nitrogen and oxygen atoms in total. The molecule has 2 saturated heterocycles. The van der Waals surface area contributed by atoms with Gasteiger partial charge in [0.15, 0.2) is 5.76 Å². The van der Waals surface area contributed by atoms with Crippen LogP contribution in [0.25, 0.3) is 0 Å². The summed E-state index contributed by atoms with van der Waals surface area (Å²) in [6.07, 6.45) is 4.67. The van der Waals surface area contributed by atoms with Crippen molar-refractivity contribution in [1.29, 1.82) is 0 Å². The molecule has 4 heteroatoms. The third kappa shape index (κ3) is 2.41. The van der Waals surface area contributed by atoms with Gasteiger partial charge >= 0.3 is 0 Å². The molecule has 104 valence electrons. The second kappa shape index (κ2) is 5.00. The molecule has 1 N–H and O–H groups in total. The predicted octanol–water partition coefficient (Wildman–Crippen LogP) is 2.33. The summed E-state index contributed by atoms with van der Waals surface area (Å²) in [6, 6.07) is 5.21. The number of furan rings is 1.